The fraction of sp³-hybridized carbons (Fsp3) is 0.136. The van der Waals surface area contributed by atoms with Gasteiger partial charge in [-0.3, -0.25) is 9.52 Å². The highest BCUT2D eigenvalue weighted by atomic mass is 35.5. The summed E-state index contributed by atoms with van der Waals surface area (Å²) in [6, 6.07) is 14.3. The van der Waals surface area contributed by atoms with Gasteiger partial charge in [0.25, 0.3) is 15.9 Å². The Morgan fingerprint density at radius 3 is 2.24 bits per heavy atom. The van der Waals surface area contributed by atoms with Crippen molar-refractivity contribution >= 4 is 50.5 Å². The van der Waals surface area contributed by atoms with Crippen molar-refractivity contribution < 1.29 is 31.1 Å². The van der Waals surface area contributed by atoms with Gasteiger partial charge in [-0.2, -0.15) is 13.2 Å². The van der Waals surface area contributed by atoms with Crippen LogP contribution in [0, 0.1) is 0 Å². The molecule has 1 amide bonds. The van der Waals surface area contributed by atoms with Crippen LogP contribution in [0.3, 0.4) is 0 Å². The minimum atomic E-state index is -4.74. The Balaban J connectivity index is 1.68. The Bertz CT molecular complexity index is 1300. The molecule has 2 N–H and O–H groups in total. The molecule has 0 saturated heterocycles. The number of hydrogen-bond donors (Lipinski definition) is 2. The van der Waals surface area contributed by atoms with Crippen LogP contribution < -0.4 is 14.8 Å². The van der Waals surface area contributed by atoms with Gasteiger partial charge >= 0.3 is 6.18 Å². The van der Waals surface area contributed by atoms with Gasteiger partial charge in [0, 0.05) is 16.4 Å². The summed E-state index contributed by atoms with van der Waals surface area (Å²) in [6.45, 7) is 1.53. The first-order chi connectivity index (χ1) is 15.8. The Labute approximate surface area is 203 Å². The van der Waals surface area contributed by atoms with Crippen LogP contribution in [0.4, 0.5) is 24.5 Å². The molecule has 0 bridgehead atoms. The van der Waals surface area contributed by atoms with Crippen molar-refractivity contribution in [3.63, 3.8) is 0 Å². The molecular formula is C22H17Cl2F3N2O4S. The number of hydrogen-bond acceptors (Lipinski definition) is 4. The average Bonchev–Trinajstić information content (AvgIpc) is 2.74. The average molecular weight is 533 g/mol. The Morgan fingerprint density at radius 1 is 0.971 bits per heavy atom. The Kier molecular flexibility index (Phi) is 7.64. The van der Waals surface area contributed by atoms with E-state index in [-0.39, 0.29) is 16.3 Å². The standard InChI is InChI=1S/C22H17Cl2F3N2O4S/c1-13(33-17-4-2-3-14(23)11-17)21(30)28-15-5-8-18(9-6-15)34(31,32)29-16-7-10-20(24)19(12-16)22(25,26)27/h2-13,29H,1H3,(H,28,30). The number of amides is 1. The molecule has 0 fully saturated rings. The molecule has 0 saturated carbocycles. The summed E-state index contributed by atoms with van der Waals surface area (Å²) in [4.78, 5) is 12.1. The molecular weight excluding hydrogens is 516 g/mol. The van der Waals surface area contributed by atoms with E-state index in [0.717, 1.165) is 12.1 Å². The Hall–Kier alpha value is -2.95. The third kappa shape index (κ3) is 6.55. The molecule has 3 rings (SSSR count). The van der Waals surface area contributed by atoms with Gasteiger partial charge in [-0.05, 0) is 67.6 Å². The molecule has 1 unspecified atom stereocenters. The monoisotopic (exact) mass is 532 g/mol. The SMILES string of the molecule is CC(Oc1cccc(Cl)c1)C(=O)Nc1ccc(S(=O)(=O)Nc2ccc(Cl)c(C(F)(F)F)c2)cc1. The second-order valence-corrected chi connectivity index (χ2v) is 9.56. The molecule has 0 heterocycles. The zero-order valence-corrected chi connectivity index (χ0v) is 19.7. The van der Waals surface area contributed by atoms with Crippen molar-refractivity contribution in [3.05, 3.63) is 82.3 Å². The minimum absolute atomic E-state index is 0.225. The molecule has 3 aromatic carbocycles. The van der Waals surface area contributed by atoms with E-state index in [4.69, 9.17) is 27.9 Å². The molecule has 0 radical (unpaired) electrons. The van der Waals surface area contributed by atoms with Gasteiger partial charge in [0.1, 0.15) is 5.75 Å². The molecule has 0 aromatic heterocycles. The van der Waals surface area contributed by atoms with Crippen LogP contribution in [0.5, 0.6) is 5.75 Å². The van der Waals surface area contributed by atoms with Gasteiger partial charge in [-0.25, -0.2) is 8.42 Å². The second kappa shape index (κ2) is 10.1. The van der Waals surface area contributed by atoms with Crippen LogP contribution in [0.25, 0.3) is 0 Å². The van der Waals surface area contributed by atoms with Crippen molar-refractivity contribution in [2.45, 2.75) is 24.1 Å². The molecule has 3 aromatic rings. The number of alkyl halides is 3. The van der Waals surface area contributed by atoms with E-state index < -0.39 is 38.8 Å². The van der Waals surface area contributed by atoms with Crippen LogP contribution in [-0.2, 0) is 21.0 Å². The summed E-state index contributed by atoms with van der Waals surface area (Å²) in [5, 5.41) is 2.48. The predicted octanol–water partition coefficient (Wildman–Crippen LogP) is 6.22. The lowest BCUT2D eigenvalue weighted by Gasteiger charge is -2.15. The van der Waals surface area contributed by atoms with Crippen molar-refractivity contribution in [2.75, 3.05) is 10.0 Å². The zero-order valence-electron chi connectivity index (χ0n) is 17.4. The van der Waals surface area contributed by atoms with Crippen LogP contribution >= 0.6 is 23.2 Å². The lowest BCUT2D eigenvalue weighted by Crippen LogP contribution is -2.30. The molecule has 1 atom stereocenters. The minimum Gasteiger partial charge on any atom is -0.481 e. The molecule has 6 nitrogen and oxygen atoms in total. The number of ether oxygens (including phenoxy) is 1. The third-order valence-corrected chi connectivity index (χ3v) is 6.40. The lowest BCUT2D eigenvalue weighted by molar-refractivity contribution is -0.137. The number of sulfonamides is 1. The molecule has 0 aliphatic heterocycles. The summed E-state index contributed by atoms with van der Waals surface area (Å²) in [6.07, 6.45) is -5.62. The number of anilines is 2. The van der Waals surface area contributed by atoms with Crippen LogP contribution in [0.2, 0.25) is 10.0 Å². The van der Waals surface area contributed by atoms with Gasteiger partial charge < -0.3 is 10.1 Å². The molecule has 12 heteroatoms. The second-order valence-electron chi connectivity index (χ2n) is 7.03. The smallest absolute Gasteiger partial charge is 0.417 e. The van der Waals surface area contributed by atoms with Gasteiger partial charge in [0.2, 0.25) is 0 Å². The quantitative estimate of drug-likeness (QED) is 0.378. The van der Waals surface area contributed by atoms with E-state index >= 15 is 0 Å². The number of benzene rings is 3. The lowest BCUT2D eigenvalue weighted by atomic mass is 10.2. The maximum atomic E-state index is 13.0. The Morgan fingerprint density at radius 2 is 1.62 bits per heavy atom. The predicted molar refractivity (Wildman–Crippen MR) is 124 cm³/mol. The van der Waals surface area contributed by atoms with Crippen molar-refractivity contribution in [3.8, 4) is 5.75 Å². The zero-order chi connectivity index (χ0) is 25.1. The normalized spacial score (nSPS) is 12.6. The maximum Gasteiger partial charge on any atom is 0.417 e. The molecule has 0 aliphatic carbocycles. The van der Waals surface area contributed by atoms with E-state index in [0.29, 0.717) is 16.8 Å². The van der Waals surface area contributed by atoms with E-state index in [1.807, 2.05) is 0 Å². The summed E-state index contributed by atoms with van der Waals surface area (Å²) in [7, 11) is -4.21. The molecule has 180 valence electrons. The molecule has 34 heavy (non-hydrogen) atoms. The number of rotatable bonds is 7. The van der Waals surface area contributed by atoms with Gasteiger partial charge in [0.05, 0.1) is 15.5 Å². The highest BCUT2D eigenvalue weighted by molar-refractivity contribution is 7.92. The first-order valence-electron chi connectivity index (χ1n) is 9.58. The number of halogens is 5. The highest BCUT2D eigenvalue weighted by Gasteiger charge is 2.33. The first-order valence-corrected chi connectivity index (χ1v) is 11.8. The number of carbonyl (C=O) groups excluding carboxylic acids is 1. The highest BCUT2D eigenvalue weighted by Crippen LogP contribution is 2.36. The van der Waals surface area contributed by atoms with Gasteiger partial charge in [-0.1, -0.05) is 29.3 Å². The van der Waals surface area contributed by atoms with Crippen LogP contribution in [0.1, 0.15) is 12.5 Å². The van der Waals surface area contributed by atoms with E-state index in [1.165, 1.54) is 31.2 Å². The van der Waals surface area contributed by atoms with E-state index in [2.05, 4.69) is 10.0 Å². The molecule has 0 spiro atoms. The van der Waals surface area contributed by atoms with Gasteiger partial charge in [0.15, 0.2) is 6.10 Å². The number of nitrogens with one attached hydrogen (secondary N) is 2. The topological polar surface area (TPSA) is 84.5 Å². The third-order valence-electron chi connectivity index (χ3n) is 4.43. The summed E-state index contributed by atoms with van der Waals surface area (Å²) in [5.41, 5.74) is -1.18. The summed E-state index contributed by atoms with van der Waals surface area (Å²) in [5.74, 6) is -0.0897. The summed E-state index contributed by atoms with van der Waals surface area (Å²) >= 11 is 11.4. The van der Waals surface area contributed by atoms with Crippen molar-refractivity contribution in [2.24, 2.45) is 0 Å². The number of carbonyl (C=O) groups is 1. The maximum absolute atomic E-state index is 13.0. The van der Waals surface area contributed by atoms with Crippen molar-refractivity contribution in [1.29, 1.82) is 0 Å². The fourth-order valence-electron chi connectivity index (χ4n) is 2.78. The van der Waals surface area contributed by atoms with Crippen LogP contribution in [0.15, 0.2) is 71.6 Å². The van der Waals surface area contributed by atoms with Crippen LogP contribution in [-0.4, -0.2) is 20.4 Å². The fourth-order valence-corrected chi connectivity index (χ4v) is 4.23. The van der Waals surface area contributed by atoms with E-state index in [1.54, 1.807) is 24.3 Å². The van der Waals surface area contributed by atoms with E-state index in [9.17, 15) is 26.4 Å². The van der Waals surface area contributed by atoms with Crippen molar-refractivity contribution in [1.82, 2.24) is 0 Å². The van der Waals surface area contributed by atoms with Gasteiger partial charge in [-0.15, -0.1) is 0 Å². The largest absolute Gasteiger partial charge is 0.481 e. The first kappa shape index (κ1) is 25.7. The molecule has 0 aliphatic rings. The summed E-state index contributed by atoms with van der Waals surface area (Å²) < 4.78 is 71.8.